The van der Waals surface area contributed by atoms with Crippen LogP contribution in [0.1, 0.15) is 0 Å². The summed E-state index contributed by atoms with van der Waals surface area (Å²) < 4.78 is 37.7. The minimum absolute atomic E-state index is 0.364. The van der Waals surface area contributed by atoms with Crippen molar-refractivity contribution in [3.8, 4) is 0 Å². The van der Waals surface area contributed by atoms with Crippen molar-refractivity contribution in [1.29, 1.82) is 0 Å². The Bertz CT molecular complexity index is 444. The Morgan fingerprint density at radius 2 is 1.84 bits per heavy atom. The Hall–Kier alpha value is -1.02. The van der Waals surface area contributed by atoms with E-state index < -0.39 is 12.7 Å². The lowest BCUT2D eigenvalue weighted by Gasteiger charge is -2.36. The van der Waals surface area contributed by atoms with Crippen LogP contribution in [0.3, 0.4) is 0 Å². The molecule has 1 saturated heterocycles. The molecule has 1 aliphatic heterocycles. The molecule has 1 aliphatic rings. The largest absolute Gasteiger partial charge is 0.401 e. The highest BCUT2D eigenvalue weighted by Gasteiger charge is 2.32. The van der Waals surface area contributed by atoms with E-state index in [1.807, 2.05) is 4.90 Å². The molecule has 2 heterocycles. The normalized spacial score (nSPS) is 17.8. The average Bonchev–Trinajstić information content (AvgIpc) is 2.31. The zero-order valence-corrected chi connectivity index (χ0v) is 11.7. The second kappa shape index (κ2) is 5.54. The molecule has 0 atom stereocenters. The first-order chi connectivity index (χ1) is 8.85. The number of nitrogen functional groups attached to an aromatic ring is 1. The van der Waals surface area contributed by atoms with Crippen LogP contribution in [0.4, 0.5) is 24.8 Å². The van der Waals surface area contributed by atoms with Crippen LogP contribution < -0.4 is 10.6 Å². The zero-order chi connectivity index (χ0) is 14.0. The molecule has 0 bridgehead atoms. The molecule has 2 N–H and O–H groups in total. The SMILES string of the molecule is Nc1ccc(Br)c(N2CCN(CC(F)(F)F)CC2)n1. The van der Waals surface area contributed by atoms with E-state index in [1.54, 1.807) is 12.1 Å². The fourth-order valence-electron chi connectivity index (χ4n) is 2.04. The van der Waals surface area contributed by atoms with E-state index in [-0.39, 0.29) is 0 Å². The summed E-state index contributed by atoms with van der Waals surface area (Å²) in [7, 11) is 0. The van der Waals surface area contributed by atoms with Crippen LogP contribution in [-0.4, -0.2) is 48.8 Å². The van der Waals surface area contributed by atoms with Gasteiger partial charge in [-0.2, -0.15) is 13.2 Å². The molecule has 106 valence electrons. The maximum absolute atomic E-state index is 12.3. The molecule has 0 aromatic carbocycles. The number of hydrogen-bond donors (Lipinski definition) is 1. The van der Waals surface area contributed by atoms with Crippen LogP contribution in [-0.2, 0) is 0 Å². The number of nitrogens with zero attached hydrogens (tertiary/aromatic N) is 3. The monoisotopic (exact) mass is 338 g/mol. The number of anilines is 2. The third kappa shape index (κ3) is 3.97. The topological polar surface area (TPSA) is 45.4 Å². The fourth-order valence-corrected chi connectivity index (χ4v) is 2.51. The average molecular weight is 339 g/mol. The van der Waals surface area contributed by atoms with Crippen molar-refractivity contribution < 1.29 is 13.2 Å². The number of hydrogen-bond acceptors (Lipinski definition) is 4. The Labute approximate surface area is 117 Å². The molecule has 0 spiro atoms. The van der Waals surface area contributed by atoms with Gasteiger partial charge in [-0.3, -0.25) is 4.90 Å². The van der Waals surface area contributed by atoms with E-state index in [1.165, 1.54) is 4.90 Å². The Morgan fingerprint density at radius 3 is 2.42 bits per heavy atom. The summed E-state index contributed by atoms with van der Waals surface area (Å²) in [6.07, 6.45) is -4.14. The molecular formula is C11H14BrF3N4. The van der Waals surface area contributed by atoms with E-state index in [0.717, 1.165) is 4.47 Å². The molecule has 0 radical (unpaired) electrons. The third-order valence-corrected chi connectivity index (χ3v) is 3.54. The summed E-state index contributed by atoms with van der Waals surface area (Å²) in [5.74, 6) is 1.09. The number of halogens is 4. The quantitative estimate of drug-likeness (QED) is 0.897. The van der Waals surface area contributed by atoms with Gasteiger partial charge in [0, 0.05) is 26.2 Å². The minimum Gasteiger partial charge on any atom is -0.384 e. The van der Waals surface area contributed by atoms with E-state index in [2.05, 4.69) is 20.9 Å². The molecule has 4 nitrogen and oxygen atoms in total. The van der Waals surface area contributed by atoms with E-state index >= 15 is 0 Å². The molecule has 1 aromatic rings. The van der Waals surface area contributed by atoms with Gasteiger partial charge in [-0.15, -0.1) is 0 Å². The van der Waals surface area contributed by atoms with Gasteiger partial charge in [0.1, 0.15) is 11.6 Å². The van der Waals surface area contributed by atoms with Gasteiger partial charge >= 0.3 is 6.18 Å². The van der Waals surface area contributed by atoms with E-state index in [0.29, 0.717) is 37.8 Å². The molecule has 2 rings (SSSR count). The van der Waals surface area contributed by atoms with Crippen LogP contribution >= 0.6 is 15.9 Å². The third-order valence-electron chi connectivity index (χ3n) is 2.92. The molecule has 0 amide bonds. The fraction of sp³-hybridized carbons (Fsp3) is 0.545. The van der Waals surface area contributed by atoms with Crippen molar-refractivity contribution in [3.05, 3.63) is 16.6 Å². The number of pyridine rings is 1. The zero-order valence-electron chi connectivity index (χ0n) is 10.1. The molecule has 1 fully saturated rings. The van der Waals surface area contributed by atoms with Crippen LogP contribution in [0.15, 0.2) is 16.6 Å². The molecule has 19 heavy (non-hydrogen) atoms. The van der Waals surface area contributed by atoms with Gasteiger partial charge in [-0.05, 0) is 28.1 Å². The number of nitrogens with two attached hydrogens (primary N) is 1. The first kappa shape index (κ1) is 14.4. The van der Waals surface area contributed by atoms with Crippen molar-refractivity contribution in [1.82, 2.24) is 9.88 Å². The maximum Gasteiger partial charge on any atom is 0.401 e. The number of piperazine rings is 1. The highest BCUT2D eigenvalue weighted by atomic mass is 79.9. The van der Waals surface area contributed by atoms with Gasteiger partial charge in [-0.1, -0.05) is 0 Å². The Balaban J connectivity index is 1.98. The second-order valence-electron chi connectivity index (χ2n) is 4.42. The first-order valence-electron chi connectivity index (χ1n) is 5.81. The highest BCUT2D eigenvalue weighted by molar-refractivity contribution is 9.10. The summed E-state index contributed by atoms with van der Waals surface area (Å²) in [6.45, 7) is 0.882. The van der Waals surface area contributed by atoms with Gasteiger partial charge in [0.2, 0.25) is 0 Å². The summed E-state index contributed by atoms with van der Waals surface area (Å²) in [5, 5.41) is 0. The predicted molar refractivity (Wildman–Crippen MR) is 71.1 cm³/mol. The van der Waals surface area contributed by atoms with Crippen LogP contribution in [0.2, 0.25) is 0 Å². The van der Waals surface area contributed by atoms with Gasteiger partial charge in [-0.25, -0.2) is 4.98 Å². The molecule has 0 unspecified atom stereocenters. The Kier molecular flexibility index (Phi) is 4.19. The molecule has 8 heteroatoms. The lowest BCUT2D eigenvalue weighted by molar-refractivity contribution is -0.146. The number of rotatable bonds is 2. The highest BCUT2D eigenvalue weighted by Crippen LogP contribution is 2.26. The van der Waals surface area contributed by atoms with Gasteiger partial charge in [0.15, 0.2) is 0 Å². The van der Waals surface area contributed by atoms with Crippen molar-refractivity contribution >= 4 is 27.6 Å². The first-order valence-corrected chi connectivity index (χ1v) is 6.60. The van der Waals surface area contributed by atoms with E-state index in [9.17, 15) is 13.2 Å². The van der Waals surface area contributed by atoms with Gasteiger partial charge in [0.05, 0.1) is 11.0 Å². The summed E-state index contributed by atoms with van der Waals surface area (Å²) in [6, 6.07) is 3.47. The lowest BCUT2D eigenvalue weighted by Crippen LogP contribution is -2.49. The minimum atomic E-state index is -4.14. The lowest BCUT2D eigenvalue weighted by atomic mass is 10.3. The Morgan fingerprint density at radius 1 is 1.21 bits per heavy atom. The molecule has 0 aliphatic carbocycles. The number of alkyl halides is 3. The standard InChI is InChI=1S/C11H14BrF3N4/c12-8-1-2-9(16)17-10(8)19-5-3-18(4-6-19)7-11(13,14)15/h1-2H,3-7H2,(H2,16,17). The number of aromatic nitrogens is 1. The summed E-state index contributed by atoms with van der Waals surface area (Å²) in [4.78, 5) is 7.55. The second-order valence-corrected chi connectivity index (χ2v) is 5.27. The molecule has 0 saturated carbocycles. The van der Waals surface area contributed by atoms with Crippen molar-refractivity contribution in [2.45, 2.75) is 6.18 Å². The summed E-state index contributed by atoms with van der Waals surface area (Å²) >= 11 is 3.38. The maximum atomic E-state index is 12.3. The smallest absolute Gasteiger partial charge is 0.384 e. The van der Waals surface area contributed by atoms with Crippen molar-refractivity contribution in [2.24, 2.45) is 0 Å². The van der Waals surface area contributed by atoms with Crippen LogP contribution in [0.5, 0.6) is 0 Å². The van der Waals surface area contributed by atoms with Crippen molar-refractivity contribution in [3.63, 3.8) is 0 Å². The van der Waals surface area contributed by atoms with E-state index in [4.69, 9.17) is 5.73 Å². The predicted octanol–water partition coefficient (Wildman–Crippen LogP) is 2.11. The molecular weight excluding hydrogens is 325 g/mol. The van der Waals surface area contributed by atoms with Crippen LogP contribution in [0, 0.1) is 0 Å². The van der Waals surface area contributed by atoms with Crippen LogP contribution in [0.25, 0.3) is 0 Å². The van der Waals surface area contributed by atoms with Gasteiger partial charge < -0.3 is 10.6 Å². The van der Waals surface area contributed by atoms with Crippen molar-refractivity contribution in [2.75, 3.05) is 43.4 Å². The molecule has 1 aromatic heterocycles. The van der Waals surface area contributed by atoms with Gasteiger partial charge in [0.25, 0.3) is 0 Å². The summed E-state index contributed by atoms with van der Waals surface area (Å²) in [5.41, 5.74) is 5.63.